The van der Waals surface area contributed by atoms with Gasteiger partial charge < -0.3 is 14.7 Å². The highest BCUT2D eigenvalue weighted by atomic mass is 35.5. The number of piperidine rings is 1. The molecule has 2 fully saturated rings. The van der Waals surface area contributed by atoms with E-state index in [0.29, 0.717) is 41.0 Å². The third-order valence-corrected chi connectivity index (χ3v) is 11.3. The van der Waals surface area contributed by atoms with Gasteiger partial charge in [-0.15, -0.1) is 0 Å². The summed E-state index contributed by atoms with van der Waals surface area (Å²) in [5.74, 6) is 1.87. The number of carbonyl (C=O) groups is 1. The van der Waals surface area contributed by atoms with E-state index in [0.717, 1.165) is 49.1 Å². The number of rotatable bonds is 8. The standard InChI is InChI=1S/C36H40Cl2N2O3/c1-22(2)20-40(33(42)18-23-11-13-27(37)28(38)17-23)29-14-12-26-30-19-25-9-6-10-32-34(25)36(26,35(29)43-32)15-16-39(30)21-31(41)24-7-4-3-5-8-24/h3-11,13,17,22,26,29-31,35,41H,12,14-16,18-21H2,1-2H3/t26-,29+,30+,31?,35-,36-/m0/s1. The van der Waals surface area contributed by atoms with Crippen molar-refractivity contribution in [1.82, 2.24) is 9.80 Å². The molecule has 1 amide bonds. The summed E-state index contributed by atoms with van der Waals surface area (Å²) < 4.78 is 6.97. The van der Waals surface area contributed by atoms with Crippen LogP contribution in [-0.4, -0.2) is 58.6 Å². The van der Waals surface area contributed by atoms with Crippen molar-refractivity contribution in [3.8, 4) is 5.75 Å². The first-order valence-corrected chi connectivity index (χ1v) is 16.5. The number of aliphatic hydroxyl groups excluding tert-OH is 1. The Morgan fingerprint density at radius 3 is 2.65 bits per heavy atom. The first kappa shape index (κ1) is 29.2. The van der Waals surface area contributed by atoms with Crippen LogP contribution in [0.3, 0.4) is 0 Å². The monoisotopic (exact) mass is 618 g/mol. The Morgan fingerprint density at radius 1 is 1.07 bits per heavy atom. The highest BCUT2D eigenvalue weighted by Gasteiger charge is 2.66. The number of β-amino-alcohol motifs (C(OH)–C–C–N with tert-alkyl or cyclic N) is 1. The molecule has 226 valence electrons. The van der Waals surface area contributed by atoms with Gasteiger partial charge in [0.15, 0.2) is 0 Å². The summed E-state index contributed by atoms with van der Waals surface area (Å²) >= 11 is 12.5. The minimum Gasteiger partial charge on any atom is -0.487 e. The molecule has 4 aliphatic rings. The van der Waals surface area contributed by atoms with Crippen LogP contribution in [0.1, 0.15) is 61.5 Å². The predicted octanol–water partition coefficient (Wildman–Crippen LogP) is 6.86. The zero-order chi connectivity index (χ0) is 29.9. The summed E-state index contributed by atoms with van der Waals surface area (Å²) in [5, 5.41) is 12.2. The van der Waals surface area contributed by atoms with Gasteiger partial charge in [0.1, 0.15) is 11.9 Å². The molecule has 5 nitrogen and oxygen atoms in total. The van der Waals surface area contributed by atoms with Crippen molar-refractivity contribution in [3.05, 3.63) is 99.0 Å². The molecule has 1 saturated heterocycles. The van der Waals surface area contributed by atoms with E-state index < -0.39 is 6.10 Å². The molecule has 6 atom stereocenters. The summed E-state index contributed by atoms with van der Waals surface area (Å²) in [4.78, 5) is 18.8. The van der Waals surface area contributed by atoms with Crippen LogP contribution in [0.25, 0.3) is 0 Å². The summed E-state index contributed by atoms with van der Waals surface area (Å²) in [5.41, 5.74) is 4.50. The summed E-state index contributed by atoms with van der Waals surface area (Å²) in [7, 11) is 0. The molecule has 0 aromatic heterocycles. The van der Waals surface area contributed by atoms with Crippen LogP contribution in [0.2, 0.25) is 10.0 Å². The summed E-state index contributed by atoms with van der Waals surface area (Å²) in [6, 6.07) is 22.4. The quantitative estimate of drug-likeness (QED) is 0.299. The number of ether oxygens (including phenoxy) is 1. The third kappa shape index (κ3) is 4.97. The number of halogens is 2. The summed E-state index contributed by atoms with van der Waals surface area (Å²) in [6.45, 7) is 6.59. The van der Waals surface area contributed by atoms with Crippen molar-refractivity contribution in [3.63, 3.8) is 0 Å². The molecular formula is C36H40Cl2N2O3. The molecule has 2 bridgehead atoms. The van der Waals surface area contributed by atoms with Gasteiger partial charge in [0.25, 0.3) is 0 Å². The fourth-order valence-electron chi connectivity index (χ4n) is 8.86. The minimum absolute atomic E-state index is 0.00520. The largest absolute Gasteiger partial charge is 0.487 e. The smallest absolute Gasteiger partial charge is 0.227 e. The SMILES string of the molecule is CC(C)CN(C(=O)Cc1ccc(Cl)c(Cl)c1)[C@@H]1CC[C@H]2[C@H]3Cc4cccc5c4[C@@]2(CCN3CC(O)c2ccccc2)[C@H]1O5. The normalized spacial score (nSPS) is 27.9. The minimum atomic E-state index is -0.518. The molecule has 2 aliphatic heterocycles. The molecule has 2 heterocycles. The number of benzene rings is 3. The summed E-state index contributed by atoms with van der Waals surface area (Å²) in [6.07, 6.45) is 3.58. The second-order valence-corrected chi connectivity index (χ2v) is 14.2. The Bertz CT molecular complexity index is 1510. The van der Waals surface area contributed by atoms with Crippen molar-refractivity contribution < 1.29 is 14.6 Å². The van der Waals surface area contributed by atoms with Crippen molar-refractivity contribution in [1.29, 1.82) is 0 Å². The maximum atomic E-state index is 14.1. The van der Waals surface area contributed by atoms with Gasteiger partial charge in [-0.1, -0.05) is 85.6 Å². The van der Waals surface area contributed by atoms with E-state index in [1.807, 2.05) is 42.5 Å². The fraction of sp³-hybridized carbons (Fsp3) is 0.472. The Morgan fingerprint density at radius 2 is 1.88 bits per heavy atom. The van der Waals surface area contributed by atoms with Gasteiger partial charge in [-0.05, 0) is 79.0 Å². The molecule has 3 aromatic rings. The number of amides is 1. The fourth-order valence-corrected chi connectivity index (χ4v) is 9.18. The zero-order valence-corrected chi connectivity index (χ0v) is 26.4. The lowest BCUT2D eigenvalue weighted by Crippen LogP contribution is -2.69. The van der Waals surface area contributed by atoms with Gasteiger partial charge in [-0.2, -0.15) is 0 Å². The van der Waals surface area contributed by atoms with E-state index in [1.165, 1.54) is 11.1 Å². The van der Waals surface area contributed by atoms with Crippen LogP contribution >= 0.6 is 23.2 Å². The van der Waals surface area contributed by atoms with E-state index in [2.05, 4.69) is 41.8 Å². The molecule has 1 unspecified atom stereocenters. The van der Waals surface area contributed by atoms with E-state index in [1.54, 1.807) is 6.07 Å². The number of hydrogen-bond acceptors (Lipinski definition) is 4. The first-order chi connectivity index (χ1) is 20.8. The third-order valence-electron chi connectivity index (χ3n) is 10.5. The molecule has 2 aliphatic carbocycles. The molecule has 1 saturated carbocycles. The van der Waals surface area contributed by atoms with Crippen LogP contribution in [0.15, 0.2) is 66.7 Å². The Balaban J connectivity index is 1.21. The molecule has 1 N–H and O–H groups in total. The topological polar surface area (TPSA) is 53.0 Å². The van der Waals surface area contributed by atoms with Crippen LogP contribution in [-0.2, 0) is 23.1 Å². The maximum absolute atomic E-state index is 14.1. The van der Waals surface area contributed by atoms with Crippen molar-refractivity contribution in [2.24, 2.45) is 11.8 Å². The number of likely N-dealkylation sites (tertiary alicyclic amines) is 1. The lowest BCUT2D eigenvalue weighted by molar-refractivity contribution is -0.143. The van der Waals surface area contributed by atoms with Crippen LogP contribution in [0.5, 0.6) is 5.75 Å². The highest BCUT2D eigenvalue weighted by Crippen LogP contribution is 2.62. The maximum Gasteiger partial charge on any atom is 0.227 e. The molecule has 7 heteroatoms. The number of carbonyl (C=O) groups excluding carboxylic acids is 1. The predicted molar refractivity (Wildman–Crippen MR) is 171 cm³/mol. The Kier molecular flexibility index (Phi) is 7.74. The molecule has 7 rings (SSSR count). The Hall–Kier alpha value is -2.57. The lowest BCUT2D eigenvalue weighted by atomic mass is 9.51. The second kappa shape index (κ2) is 11.4. The van der Waals surface area contributed by atoms with E-state index >= 15 is 0 Å². The molecule has 0 radical (unpaired) electrons. The zero-order valence-electron chi connectivity index (χ0n) is 24.9. The number of hydrogen-bond donors (Lipinski definition) is 1. The van der Waals surface area contributed by atoms with Crippen molar-refractivity contribution in [2.45, 2.75) is 75.7 Å². The molecule has 3 aromatic carbocycles. The Labute approximate surface area is 264 Å². The van der Waals surface area contributed by atoms with Crippen LogP contribution in [0.4, 0.5) is 0 Å². The van der Waals surface area contributed by atoms with E-state index in [4.69, 9.17) is 27.9 Å². The lowest BCUT2D eigenvalue weighted by Gasteiger charge is -2.60. The number of aliphatic hydroxyl groups is 1. The highest BCUT2D eigenvalue weighted by molar-refractivity contribution is 6.42. The average molecular weight is 620 g/mol. The van der Waals surface area contributed by atoms with Gasteiger partial charge >= 0.3 is 0 Å². The number of nitrogens with zero attached hydrogens (tertiary/aromatic N) is 2. The van der Waals surface area contributed by atoms with E-state index in [9.17, 15) is 9.90 Å². The van der Waals surface area contributed by atoms with Crippen molar-refractivity contribution >= 4 is 29.1 Å². The van der Waals surface area contributed by atoms with Crippen LogP contribution < -0.4 is 4.74 Å². The van der Waals surface area contributed by atoms with Crippen molar-refractivity contribution in [2.75, 3.05) is 19.6 Å². The first-order valence-electron chi connectivity index (χ1n) is 15.8. The van der Waals surface area contributed by atoms with Crippen LogP contribution in [0, 0.1) is 11.8 Å². The van der Waals surface area contributed by atoms with E-state index in [-0.39, 0.29) is 29.9 Å². The van der Waals surface area contributed by atoms with Gasteiger partial charge in [0, 0.05) is 30.1 Å². The van der Waals surface area contributed by atoms with Gasteiger partial charge in [0.2, 0.25) is 5.91 Å². The molecular weight excluding hydrogens is 579 g/mol. The van der Waals surface area contributed by atoms with Gasteiger partial charge in [-0.3, -0.25) is 9.69 Å². The molecule has 1 spiro atoms. The van der Waals surface area contributed by atoms with Gasteiger partial charge in [0.05, 0.1) is 28.6 Å². The average Bonchev–Trinajstić information content (AvgIpc) is 3.34. The second-order valence-electron chi connectivity index (χ2n) is 13.4. The van der Waals surface area contributed by atoms with Gasteiger partial charge in [-0.25, -0.2) is 0 Å². The molecule has 43 heavy (non-hydrogen) atoms.